The van der Waals surface area contributed by atoms with Crippen molar-refractivity contribution < 1.29 is 4.79 Å². The van der Waals surface area contributed by atoms with Crippen molar-refractivity contribution in [2.75, 3.05) is 5.75 Å². The molecule has 2 aromatic heterocycles. The summed E-state index contributed by atoms with van der Waals surface area (Å²) in [5.41, 5.74) is 4.40. The van der Waals surface area contributed by atoms with E-state index in [1.807, 2.05) is 30.3 Å². The van der Waals surface area contributed by atoms with E-state index in [0.29, 0.717) is 5.69 Å². The average Bonchev–Trinajstić information content (AvgIpc) is 3.14. The molecule has 0 aliphatic rings. The summed E-state index contributed by atoms with van der Waals surface area (Å²) in [6.07, 6.45) is 3.17. The SMILES string of the molecule is O=C(CSc1nnc(SCc2ccccc2)s1)N/N=C\c1ccccn1. The van der Waals surface area contributed by atoms with Crippen molar-refractivity contribution in [2.24, 2.45) is 5.10 Å². The molecule has 1 N–H and O–H groups in total. The molecule has 9 heteroatoms. The van der Waals surface area contributed by atoms with Gasteiger partial charge in [0.1, 0.15) is 0 Å². The number of amides is 1. The van der Waals surface area contributed by atoms with Crippen LogP contribution in [0.4, 0.5) is 0 Å². The standard InChI is InChI=1S/C17H15N5OS3/c23-15(20-19-10-14-8-4-5-9-18-14)12-25-17-22-21-16(26-17)24-11-13-6-2-1-3-7-13/h1-10H,11-12H2,(H,20,23)/b19-10-. The predicted octanol–water partition coefficient (Wildman–Crippen LogP) is 3.47. The molecule has 3 rings (SSSR count). The summed E-state index contributed by atoms with van der Waals surface area (Å²) in [4.78, 5) is 15.9. The number of rotatable bonds is 8. The van der Waals surface area contributed by atoms with E-state index in [0.717, 1.165) is 14.4 Å². The minimum absolute atomic E-state index is 0.198. The van der Waals surface area contributed by atoms with Gasteiger partial charge in [0.15, 0.2) is 8.68 Å². The zero-order valence-electron chi connectivity index (χ0n) is 13.6. The number of hydrogen-bond acceptors (Lipinski definition) is 8. The average molecular weight is 402 g/mol. The summed E-state index contributed by atoms with van der Waals surface area (Å²) in [7, 11) is 0. The van der Waals surface area contributed by atoms with Crippen LogP contribution in [0.1, 0.15) is 11.3 Å². The third-order valence-electron chi connectivity index (χ3n) is 2.99. The fourth-order valence-electron chi connectivity index (χ4n) is 1.82. The van der Waals surface area contributed by atoms with Gasteiger partial charge in [-0.1, -0.05) is 71.3 Å². The van der Waals surface area contributed by atoms with Crippen molar-refractivity contribution in [3.63, 3.8) is 0 Å². The van der Waals surface area contributed by atoms with Gasteiger partial charge in [-0.2, -0.15) is 5.10 Å². The number of nitrogens with zero attached hydrogens (tertiary/aromatic N) is 4. The molecule has 0 saturated carbocycles. The molecule has 0 radical (unpaired) electrons. The first kappa shape index (κ1) is 18.6. The number of hydrazone groups is 1. The summed E-state index contributed by atoms with van der Waals surface area (Å²) in [5.74, 6) is 0.885. The molecule has 0 aliphatic heterocycles. The van der Waals surface area contributed by atoms with Gasteiger partial charge < -0.3 is 0 Å². The highest BCUT2D eigenvalue weighted by molar-refractivity contribution is 8.03. The van der Waals surface area contributed by atoms with Gasteiger partial charge in [0.25, 0.3) is 5.91 Å². The Balaban J connectivity index is 1.40. The van der Waals surface area contributed by atoms with Gasteiger partial charge in [0, 0.05) is 11.9 Å². The molecule has 132 valence electrons. The molecule has 0 aliphatic carbocycles. The summed E-state index contributed by atoms with van der Waals surface area (Å²) in [5, 5.41) is 12.1. The van der Waals surface area contributed by atoms with Crippen LogP contribution < -0.4 is 5.43 Å². The molecular formula is C17H15N5OS3. The topological polar surface area (TPSA) is 80.1 Å². The van der Waals surface area contributed by atoms with Crippen LogP contribution in [-0.2, 0) is 10.5 Å². The van der Waals surface area contributed by atoms with Crippen molar-refractivity contribution >= 4 is 47.0 Å². The maximum Gasteiger partial charge on any atom is 0.250 e. The van der Waals surface area contributed by atoms with Gasteiger partial charge in [-0.25, -0.2) is 5.43 Å². The number of carbonyl (C=O) groups excluding carboxylic acids is 1. The Kier molecular flexibility index (Phi) is 7.17. The van der Waals surface area contributed by atoms with Gasteiger partial charge in [-0.15, -0.1) is 10.2 Å². The number of thioether (sulfide) groups is 2. The van der Waals surface area contributed by atoms with Crippen LogP contribution in [0.25, 0.3) is 0 Å². The number of nitrogens with one attached hydrogen (secondary N) is 1. The van der Waals surface area contributed by atoms with Gasteiger partial charge in [-0.3, -0.25) is 9.78 Å². The van der Waals surface area contributed by atoms with E-state index < -0.39 is 0 Å². The zero-order chi connectivity index (χ0) is 18.0. The zero-order valence-corrected chi connectivity index (χ0v) is 16.1. The van der Waals surface area contributed by atoms with E-state index in [1.165, 1.54) is 34.9 Å². The largest absolute Gasteiger partial charge is 0.272 e. The van der Waals surface area contributed by atoms with Crippen LogP contribution in [0.15, 0.2) is 68.5 Å². The molecule has 0 spiro atoms. The molecule has 0 unspecified atom stereocenters. The number of carbonyl (C=O) groups is 1. The first-order valence-corrected chi connectivity index (χ1v) is 10.4. The minimum atomic E-state index is -0.198. The van der Waals surface area contributed by atoms with Crippen LogP contribution in [0.5, 0.6) is 0 Å². The summed E-state index contributed by atoms with van der Waals surface area (Å²) in [6, 6.07) is 15.7. The number of benzene rings is 1. The highest BCUT2D eigenvalue weighted by Gasteiger charge is 2.08. The summed E-state index contributed by atoms with van der Waals surface area (Å²) >= 11 is 4.48. The molecule has 0 saturated heterocycles. The number of pyridine rings is 1. The molecule has 1 aromatic carbocycles. The predicted molar refractivity (Wildman–Crippen MR) is 107 cm³/mol. The van der Waals surface area contributed by atoms with Crippen LogP contribution in [0.3, 0.4) is 0 Å². The quantitative estimate of drug-likeness (QED) is 0.354. The van der Waals surface area contributed by atoms with Crippen molar-refractivity contribution in [3.05, 3.63) is 66.0 Å². The van der Waals surface area contributed by atoms with Gasteiger partial charge in [0.2, 0.25) is 0 Å². The lowest BCUT2D eigenvalue weighted by Crippen LogP contribution is -2.19. The Morgan fingerprint density at radius 3 is 2.62 bits per heavy atom. The molecule has 2 heterocycles. The Morgan fingerprint density at radius 1 is 1.08 bits per heavy atom. The second-order valence-electron chi connectivity index (χ2n) is 4.94. The fraction of sp³-hybridized carbons (Fsp3) is 0.118. The molecule has 0 fully saturated rings. The second kappa shape index (κ2) is 10.0. The summed E-state index contributed by atoms with van der Waals surface area (Å²) < 4.78 is 1.66. The van der Waals surface area contributed by atoms with Crippen LogP contribution in [0, 0.1) is 0 Å². The van der Waals surface area contributed by atoms with Crippen molar-refractivity contribution in [3.8, 4) is 0 Å². The van der Waals surface area contributed by atoms with Gasteiger partial charge >= 0.3 is 0 Å². The number of hydrogen-bond donors (Lipinski definition) is 1. The lowest BCUT2D eigenvalue weighted by Gasteiger charge is -1.97. The van der Waals surface area contributed by atoms with E-state index in [9.17, 15) is 4.79 Å². The maximum absolute atomic E-state index is 11.8. The van der Waals surface area contributed by atoms with E-state index in [1.54, 1.807) is 24.0 Å². The second-order valence-corrected chi connectivity index (χ2v) is 8.37. The van der Waals surface area contributed by atoms with Crippen molar-refractivity contribution in [1.29, 1.82) is 0 Å². The van der Waals surface area contributed by atoms with E-state index >= 15 is 0 Å². The molecule has 0 bridgehead atoms. The van der Waals surface area contributed by atoms with Gasteiger partial charge in [0.05, 0.1) is 17.7 Å². The number of aromatic nitrogens is 3. The van der Waals surface area contributed by atoms with Crippen LogP contribution in [0.2, 0.25) is 0 Å². The monoisotopic (exact) mass is 401 g/mol. The molecule has 0 atom stereocenters. The highest BCUT2D eigenvalue weighted by atomic mass is 32.2. The third kappa shape index (κ3) is 6.25. The van der Waals surface area contributed by atoms with Crippen LogP contribution >= 0.6 is 34.9 Å². The van der Waals surface area contributed by atoms with E-state index in [-0.39, 0.29) is 11.7 Å². The first-order valence-electron chi connectivity index (χ1n) is 7.65. The minimum Gasteiger partial charge on any atom is -0.272 e. The molecule has 6 nitrogen and oxygen atoms in total. The third-order valence-corrected chi connectivity index (χ3v) is 6.25. The molecule has 3 aromatic rings. The Morgan fingerprint density at radius 2 is 1.85 bits per heavy atom. The van der Waals surface area contributed by atoms with Gasteiger partial charge in [-0.05, 0) is 17.7 Å². The first-order chi connectivity index (χ1) is 12.8. The molecule has 26 heavy (non-hydrogen) atoms. The van der Waals surface area contributed by atoms with Crippen LogP contribution in [-0.4, -0.2) is 33.1 Å². The Bertz CT molecular complexity index is 855. The Labute approximate surface area is 163 Å². The normalized spacial score (nSPS) is 10.9. The molecular weight excluding hydrogens is 386 g/mol. The highest BCUT2D eigenvalue weighted by Crippen LogP contribution is 2.30. The Hall–Kier alpha value is -2.23. The molecule has 1 amide bonds. The van der Waals surface area contributed by atoms with Crippen molar-refractivity contribution in [2.45, 2.75) is 14.4 Å². The van der Waals surface area contributed by atoms with E-state index in [4.69, 9.17) is 0 Å². The smallest absolute Gasteiger partial charge is 0.250 e. The summed E-state index contributed by atoms with van der Waals surface area (Å²) in [6.45, 7) is 0. The maximum atomic E-state index is 11.8. The fourth-order valence-corrected chi connectivity index (χ4v) is 4.58. The lowest BCUT2D eigenvalue weighted by atomic mass is 10.2. The van der Waals surface area contributed by atoms with E-state index in [2.05, 4.69) is 37.8 Å². The lowest BCUT2D eigenvalue weighted by molar-refractivity contribution is -0.118. The van der Waals surface area contributed by atoms with Crippen molar-refractivity contribution in [1.82, 2.24) is 20.6 Å².